The molecule has 1 aromatic heterocycles. The van der Waals surface area contributed by atoms with Gasteiger partial charge in [-0.15, -0.1) is 0 Å². The fourth-order valence-corrected chi connectivity index (χ4v) is 4.25. The molecule has 2 fully saturated rings. The molecule has 29 heavy (non-hydrogen) atoms. The summed E-state index contributed by atoms with van der Waals surface area (Å²) in [7, 11) is 1.59. The van der Waals surface area contributed by atoms with Crippen LogP contribution in [0.3, 0.4) is 0 Å². The van der Waals surface area contributed by atoms with Gasteiger partial charge in [0.1, 0.15) is 0 Å². The molecule has 1 saturated heterocycles. The van der Waals surface area contributed by atoms with Crippen molar-refractivity contribution >= 4 is 12.0 Å². The zero-order chi connectivity index (χ0) is 20.1. The summed E-state index contributed by atoms with van der Waals surface area (Å²) in [4.78, 5) is 23.2. The number of ether oxygens (including phenoxy) is 1. The average Bonchev–Trinajstić information content (AvgIpc) is 2.74. The first-order valence-electron chi connectivity index (χ1n) is 10.4. The van der Waals surface area contributed by atoms with Crippen molar-refractivity contribution in [3.8, 4) is 5.88 Å². The normalized spacial score (nSPS) is 18.6. The summed E-state index contributed by atoms with van der Waals surface area (Å²) in [6.07, 6.45) is 6.94. The molecule has 1 aliphatic heterocycles. The first kappa shape index (κ1) is 19.5. The Balaban J connectivity index is 1.26. The van der Waals surface area contributed by atoms with Gasteiger partial charge < -0.3 is 20.3 Å². The molecule has 0 radical (unpaired) electrons. The number of anilines is 1. The van der Waals surface area contributed by atoms with Crippen LogP contribution in [0.1, 0.15) is 37.7 Å². The van der Waals surface area contributed by atoms with Crippen LogP contribution in [0.15, 0.2) is 42.6 Å². The smallest absolute Gasteiger partial charge is 0.317 e. The molecule has 7 nitrogen and oxygen atoms in total. The number of likely N-dealkylation sites (tertiary alicyclic amines) is 1. The monoisotopic (exact) mass is 395 g/mol. The predicted octanol–water partition coefficient (Wildman–Crippen LogP) is 3.19. The van der Waals surface area contributed by atoms with Gasteiger partial charge in [0, 0.05) is 43.4 Å². The number of aromatic nitrogens is 2. The molecule has 1 aromatic carbocycles. The molecular formula is C22H29N5O2. The first-order valence-corrected chi connectivity index (χ1v) is 10.4. The van der Waals surface area contributed by atoms with Gasteiger partial charge in [0.15, 0.2) is 0 Å². The van der Waals surface area contributed by atoms with E-state index in [2.05, 4.69) is 44.9 Å². The van der Waals surface area contributed by atoms with Crippen LogP contribution in [0, 0.1) is 0 Å². The molecule has 0 unspecified atom stereocenters. The fourth-order valence-electron chi connectivity index (χ4n) is 4.25. The van der Waals surface area contributed by atoms with Gasteiger partial charge in [0.05, 0.1) is 7.11 Å². The Kier molecular flexibility index (Phi) is 5.83. The maximum Gasteiger partial charge on any atom is 0.317 e. The highest BCUT2D eigenvalue weighted by Crippen LogP contribution is 2.43. The highest BCUT2D eigenvalue weighted by Gasteiger charge is 2.39. The van der Waals surface area contributed by atoms with Crippen molar-refractivity contribution in [1.82, 2.24) is 20.2 Å². The largest absolute Gasteiger partial charge is 0.481 e. The number of methoxy groups -OCH3 is 1. The second-order valence-corrected chi connectivity index (χ2v) is 7.99. The summed E-state index contributed by atoms with van der Waals surface area (Å²) >= 11 is 0. The van der Waals surface area contributed by atoms with E-state index in [0.29, 0.717) is 18.4 Å². The Morgan fingerprint density at radius 2 is 1.97 bits per heavy atom. The van der Waals surface area contributed by atoms with Crippen LogP contribution in [0.2, 0.25) is 0 Å². The lowest BCUT2D eigenvalue weighted by atomic mass is 9.64. The number of hydrogen-bond donors (Lipinski definition) is 2. The zero-order valence-corrected chi connectivity index (χ0v) is 16.9. The summed E-state index contributed by atoms with van der Waals surface area (Å²) in [5.74, 6) is 1.12. The van der Waals surface area contributed by atoms with E-state index in [9.17, 15) is 4.79 Å². The number of carbonyl (C=O) groups excluding carboxylic acids is 1. The van der Waals surface area contributed by atoms with Gasteiger partial charge in [-0.25, -0.2) is 9.78 Å². The minimum Gasteiger partial charge on any atom is -0.481 e. The van der Waals surface area contributed by atoms with Crippen molar-refractivity contribution < 1.29 is 9.53 Å². The number of benzene rings is 1. The van der Waals surface area contributed by atoms with E-state index < -0.39 is 0 Å². The lowest BCUT2D eigenvalue weighted by Gasteiger charge is -2.43. The molecule has 0 bridgehead atoms. The van der Waals surface area contributed by atoms with Gasteiger partial charge in [-0.3, -0.25) is 0 Å². The Hall–Kier alpha value is -2.83. The minimum absolute atomic E-state index is 0.0447. The van der Waals surface area contributed by atoms with Gasteiger partial charge in [-0.1, -0.05) is 36.8 Å². The summed E-state index contributed by atoms with van der Waals surface area (Å²) in [5, 5.41) is 6.55. The molecular weight excluding hydrogens is 366 g/mol. The summed E-state index contributed by atoms with van der Waals surface area (Å²) in [6.45, 7) is 2.17. The lowest BCUT2D eigenvalue weighted by Crippen LogP contribution is -2.51. The van der Waals surface area contributed by atoms with E-state index >= 15 is 0 Å². The van der Waals surface area contributed by atoms with Crippen LogP contribution in [-0.4, -0.2) is 53.7 Å². The number of hydrogen-bond acceptors (Lipinski definition) is 5. The average molecular weight is 396 g/mol. The minimum atomic E-state index is 0.0447. The Morgan fingerprint density at radius 1 is 1.21 bits per heavy atom. The number of carbonyl (C=O) groups is 1. The topological polar surface area (TPSA) is 79.4 Å². The molecule has 1 saturated carbocycles. The van der Waals surface area contributed by atoms with E-state index in [1.807, 2.05) is 11.0 Å². The molecule has 0 atom stereocenters. The van der Waals surface area contributed by atoms with Crippen molar-refractivity contribution in [3.05, 3.63) is 48.2 Å². The third kappa shape index (κ3) is 4.44. The van der Waals surface area contributed by atoms with Crippen LogP contribution < -0.4 is 15.4 Å². The lowest BCUT2D eigenvalue weighted by molar-refractivity contribution is 0.172. The Morgan fingerprint density at radius 3 is 2.62 bits per heavy atom. The summed E-state index contributed by atoms with van der Waals surface area (Å²) in [5.41, 5.74) is 1.45. The fraction of sp³-hybridized carbons (Fsp3) is 0.500. The Labute approximate surface area is 171 Å². The van der Waals surface area contributed by atoms with Crippen LogP contribution >= 0.6 is 0 Å². The highest BCUT2D eigenvalue weighted by atomic mass is 16.5. The van der Waals surface area contributed by atoms with Crippen LogP contribution in [0.5, 0.6) is 5.88 Å². The van der Waals surface area contributed by atoms with Crippen molar-refractivity contribution in [1.29, 1.82) is 0 Å². The van der Waals surface area contributed by atoms with E-state index in [1.165, 1.54) is 12.0 Å². The second-order valence-electron chi connectivity index (χ2n) is 7.99. The van der Waals surface area contributed by atoms with Crippen molar-refractivity contribution in [2.45, 2.75) is 43.6 Å². The van der Waals surface area contributed by atoms with Crippen LogP contribution in [-0.2, 0) is 5.41 Å². The van der Waals surface area contributed by atoms with Crippen LogP contribution in [0.4, 0.5) is 10.7 Å². The molecule has 7 heteroatoms. The first-order chi connectivity index (χ1) is 14.2. The van der Waals surface area contributed by atoms with Gasteiger partial charge in [-0.2, -0.15) is 4.98 Å². The SMILES string of the molecule is COc1ccnc(NC2CCN(C(=O)NCC3(c4ccccc4)CCC3)CC2)n1. The van der Waals surface area contributed by atoms with E-state index in [1.54, 1.807) is 19.4 Å². The van der Waals surface area contributed by atoms with E-state index in [-0.39, 0.29) is 17.5 Å². The molecule has 2 aromatic rings. The molecule has 2 heterocycles. The van der Waals surface area contributed by atoms with Crippen molar-refractivity contribution in [3.63, 3.8) is 0 Å². The third-order valence-electron chi connectivity index (χ3n) is 6.23. The molecule has 1 aliphatic carbocycles. The van der Waals surface area contributed by atoms with E-state index in [0.717, 1.165) is 38.8 Å². The number of piperidine rings is 1. The number of nitrogens with one attached hydrogen (secondary N) is 2. The zero-order valence-electron chi connectivity index (χ0n) is 16.9. The Bertz CT molecular complexity index is 817. The van der Waals surface area contributed by atoms with Crippen LogP contribution in [0.25, 0.3) is 0 Å². The maximum absolute atomic E-state index is 12.7. The third-order valence-corrected chi connectivity index (χ3v) is 6.23. The van der Waals surface area contributed by atoms with E-state index in [4.69, 9.17) is 4.74 Å². The van der Waals surface area contributed by atoms with Gasteiger partial charge in [0.2, 0.25) is 11.8 Å². The molecule has 4 rings (SSSR count). The molecule has 2 amide bonds. The summed E-state index contributed by atoms with van der Waals surface area (Å²) < 4.78 is 5.14. The number of amides is 2. The number of nitrogens with zero attached hydrogens (tertiary/aromatic N) is 3. The van der Waals surface area contributed by atoms with Crippen molar-refractivity contribution in [2.24, 2.45) is 0 Å². The quantitative estimate of drug-likeness (QED) is 0.785. The number of urea groups is 1. The molecule has 0 spiro atoms. The molecule has 2 N–H and O–H groups in total. The van der Waals surface area contributed by atoms with Gasteiger partial charge in [0.25, 0.3) is 0 Å². The maximum atomic E-state index is 12.7. The van der Waals surface area contributed by atoms with Gasteiger partial charge in [-0.05, 0) is 31.2 Å². The second kappa shape index (κ2) is 8.68. The predicted molar refractivity (Wildman–Crippen MR) is 112 cm³/mol. The standard InChI is InChI=1S/C22H29N5O2/c1-29-19-8-13-23-20(26-19)25-18-9-14-27(15-10-18)21(28)24-16-22(11-5-12-22)17-6-3-2-4-7-17/h2-4,6-8,13,18H,5,9-12,14-16H2,1H3,(H,24,28)(H,23,25,26). The summed E-state index contributed by atoms with van der Waals surface area (Å²) in [6, 6.07) is 12.6. The number of rotatable bonds is 6. The molecule has 154 valence electrons. The van der Waals surface area contributed by atoms with Gasteiger partial charge >= 0.3 is 6.03 Å². The highest BCUT2D eigenvalue weighted by molar-refractivity contribution is 5.74. The van der Waals surface area contributed by atoms with Crippen molar-refractivity contribution in [2.75, 3.05) is 32.1 Å². The molecule has 2 aliphatic rings.